The fourth-order valence-electron chi connectivity index (χ4n) is 2.45. The van der Waals surface area contributed by atoms with Crippen LogP contribution in [0.1, 0.15) is 33.1 Å². The Labute approximate surface area is 119 Å². The number of nitrogens with two attached hydrogens (primary N) is 1. The molecule has 1 aromatic rings. The van der Waals surface area contributed by atoms with E-state index in [9.17, 15) is 12.8 Å². The number of piperidine rings is 1. The summed E-state index contributed by atoms with van der Waals surface area (Å²) in [5.41, 5.74) is 5.53. The predicted octanol–water partition coefficient (Wildman–Crippen LogP) is 2.61. The Morgan fingerprint density at radius 2 is 1.95 bits per heavy atom. The Kier molecular flexibility index (Phi) is 4.07. The molecule has 6 heteroatoms. The van der Waals surface area contributed by atoms with E-state index in [-0.39, 0.29) is 16.0 Å². The summed E-state index contributed by atoms with van der Waals surface area (Å²) < 4.78 is 39.6. The number of hydrogen-bond donors (Lipinski definition) is 1. The minimum Gasteiger partial charge on any atom is -0.396 e. The molecule has 2 N–H and O–H groups in total. The van der Waals surface area contributed by atoms with Crippen molar-refractivity contribution in [2.24, 2.45) is 5.41 Å². The number of halogens is 1. The second kappa shape index (κ2) is 5.33. The molecule has 1 aromatic carbocycles. The number of rotatable bonds is 3. The third-order valence-corrected chi connectivity index (χ3v) is 6.28. The van der Waals surface area contributed by atoms with Crippen molar-refractivity contribution in [1.82, 2.24) is 4.31 Å². The Bertz CT molecular complexity index is 593. The minimum atomic E-state index is -3.57. The van der Waals surface area contributed by atoms with Crippen molar-refractivity contribution in [3.05, 3.63) is 24.0 Å². The average molecular weight is 300 g/mol. The molecule has 0 spiro atoms. The molecule has 0 radical (unpaired) electrons. The molecule has 112 valence electrons. The smallest absolute Gasteiger partial charge is 0.243 e. The third-order valence-electron chi connectivity index (χ3n) is 4.39. The molecule has 1 fully saturated rings. The zero-order chi connectivity index (χ0) is 15.0. The molecule has 1 aliphatic rings. The zero-order valence-corrected chi connectivity index (χ0v) is 12.7. The van der Waals surface area contributed by atoms with Crippen molar-refractivity contribution < 1.29 is 12.8 Å². The first kappa shape index (κ1) is 15.3. The van der Waals surface area contributed by atoms with Crippen LogP contribution in [0.15, 0.2) is 23.1 Å². The van der Waals surface area contributed by atoms with Gasteiger partial charge in [-0.2, -0.15) is 4.31 Å². The van der Waals surface area contributed by atoms with E-state index in [2.05, 4.69) is 13.8 Å². The predicted molar refractivity (Wildman–Crippen MR) is 77.2 cm³/mol. The lowest BCUT2D eigenvalue weighted by molar-refractivity contribution is 0.169. The number of hydrogen-bond acceptors (Lipinski definition) is 3. The number of benzene rings is 1. The maximum absolute atomic E-state index is 13.1. The highest BCUT2D eigenvalue weighted by atomic mass is 32.2. The van der Waals surface area contributed by atoms with E-state index in [1.807, 2.05) is 0 Å². The van der Waals surface area contributed by atoms with E-state index in [0.717, 1.165) is 25.3 Å². The number of anilines is 1. The molecule has 0 unspecified atom stereocenters. The van der Waals surface area contributed by atoms with Gasteiger partial charge in [0.1, 0.15) is 5.82 Å². The molecule has 1 heterocycles. The van der Waals surface area contributed by atoms with E-state index in [1.165, 1.54) is 16.4 Å². The van der Waals surface area contributed by atoms with Gasteiger partial charge in [0, 0.05) is 13.1 Å². The van der Waals surface area contributed by atoms with Gasteiger partial charge in [-0.1, -0.05) is 20.3 Å². The molecule has 20 heavy (non-hydrogen) atoms. The Hall–Kier alpha value is -1.14. The molecule has 0 aromatic heterocycles. The number of sulfonamides is 1. The van der Waals surface area contributed by atoms with Gasteiger partial charge in [-0.25, -0.2) is 12.8 Å². The van der Waals surface area contributed by atoms with Gasteiger partial charge in [0.15, 0.2) is 0 Å². The van der Waals surface area contributed by atoms with Gasteiger partial charge in [0.05, 0.1) is 10.6 Å². The summed E-state index contributed by atoms with van der Waals surface area (Å²) in [5, 5.41) is 0. The highest BCUT2D eigenvalue weighted by Crippen LogP contribution is 2.35. The maximum Gasteiger partial charge on any atom is 0.243 e. The van der Waals surface area contributed by atoms with Crippen molar-refractivity contribution in [3.8, 4) is 0 Å². The first-order chi connectivity index (χ1) is 9.28. The minimum absolute atomic E-state index is 0.0662. The SMILES string of the molecule is CCC1(C)CCN(S(=O)(=O)c2ccc(F)c(N)c2)CC1. The highest BCUT2D eigenvalue weighted by molar-refractivity contribution is 7.89. The first-order valence-electron chi connectivity index (χ1n) is 6.84. The largest absolute Gasteiger partial charge is 0.396 e. The monoisotopic (exact) mass is 300 g/mol. The zero-order valence-electron chi connectivity index (χ0n) is 11.9. The molecule has 1 aliphatic heterocycles. The molecule has 0 aliphatic carbocycles. The van der Waals surface area contributed by atoms with Crippen molar-refractivity contribution in [3.63, 3.8) is 0 Å². The summed E-state index contributed by atoms with van der Waals surface area (Å²) in [6.07, 6.45) is 2.74. The van der Waals surface area contributed by atoms with Crippen LogP contribution >= 0.6 is 0 Å². The third kappa shape index (κ3) is 2.81. The lowest BCUT2D eigenvalue weighted by Crippen LogP contribution is -2.41. The van der Waals surface area contributed by atoms with Gasteiger partial charge in [-0.15, -0.1) is 0 Å². The van der Waals surface area contributed by atoms with Crippen molar-refractivity contribution >= 4 is 15.7 Å². The molecule has 0 bridgehead atoms. The van der Waals surface area contributed by atoms with Crippen LogP contribution in [-0.4, -0.2) is 25.8 Å². The van der Waals surface area contributed by atoms with Crippen LogP contribution in [-0.2, 0) is 10.0 Å². The number of nitrogens with zero attached hydrogens (tertiary/aromatic N) is 1. The normalized spacial score (nSPS) is 19.9. The van der Waals surface area contributed by atoms with Crippen molar-refractivity contribution in [2.75, 3.05) is 18.8 Å². The van der Waals surface area contributed by atoms with Gasteiger partial charge in [-0.3, -0.25) is 0 Å². The summed E-state index contributed by atoms with van der Waals surface area (Å²) in [5.74, 6) is -0.596. The van der Waals surface area contributed by atoms with Crippen LogP contribution in [0.25, 0.3) is 0 Å². The highest BCUT2D eigenvalue weighted by Gasteiger charge is 2.34. The average Bonchev–Trinajstić information content (AvgIpc) is 2.42. The Balaban J connectivity index is 2.22. The molecule has 0 atom stereocenters. The molecule has 2 rings (SSSR count). The summed E-state index contributed by atoms with van der Waals surface area (Å²) in [7, 11) is -3.57. The second-order valence-corrected chi connectivity index (χ2v) is 7.69. The summed E-state index contributed by atoms with van der Waals surface area (Å²) in [4.78, 5) is 0.0662. The molecule has 4 nitrogen and oxygen atoms in total. The van der Waals surface area contributed by atoms with E-state index in [4.69, 9.17) is 5.73 Å². The maximum atomic E-state index is 13.1. The molecule has 0 amide bonds. The van der Waals surface area contributed by atoms with Crippen molar-refractivity contribution in [1.29, 1.82) is 0 Å². The summed E-state index contributed by atoms with van der Waals surface area (Å²) in [6.45, 7) is 5.32. The van der Waals surface area contributed by atoms with Crippen molar-refractivity contribution in [2.45, 2.75) is 38.0 Å². The van der Waals surface area contributed by atoms with Crippen LogP contribution in [0, 0.1) is 11.2 Å². The lowest BCUT2D eigenvalue weighted by Gasteiger charge is -2.38. The second-order valence-electron chi connectivity index (χ2n) is 5.75. The Morgan fingerprint density at radius 3 is 2.45 bits per heavy atom. The van der Waals surface area contributed by atoms with Crippen LogP contribution in [0.3, 0.4) is 0 Å². The van der Waals surface area contributed by atoms with Gasteiger partial charge >= 0.3 is 0 Å². The van der Waals surface area contributed by atoms with Crippen LogP contribution < -0.4 is 5.73 Å². The topological polar surface area (TPSA) is 63.4 Å². The fourth-order valence-corrected chi connectivity index (χ4v) is 3.93. The van der Waals surface area contributed by atoms with Gasteiger partial charge in [0.2, 0.25) is 10.0 Å². The number of nitrogen functional groups attached to an aromatic ring is 1. The molecular weight excluding hydrogens is 279 g/mol. The van der Waals surface area contributed by atoms with E-state index in [1.54, 1.807) is 0 Å². The lowest BCUT2D eigenvalue weighted by atomic mass is 9.79. The van der Waals surface area contributed by atoms with E-state index < -0.39 is 15.8 Å². The molecule has 0 saturated carbocycles. The van der Waals surface area contributed by atoms with E-state index in [0.29, 0.717) is 13.1 Å². The van der Waals surface area contributed by atoms with E-state index >= 15 is 0 Å². The van der Waals surface area contributed by atoms with Gasteiger partial charge < -0.3 is 5.73 Å². The quantitative estimate of drug-likeness (QED) is 0.873. The molecular formula is C14H21FN2O2S. The van der Waals surface area contributed by atoms with Crippen LogP contribution in [0.4, 0.5) is 10.1 Å². The standard InChI is InChI=1S/C14H21FN2O2S/c1-3-14(2)6-8-17(9-7-14)20(18,19)11-4-5-12(15)13(16)10-11/h4-5,10H,3,6-9,16H2,1-2H3. The fraction of sp³-hybridized carbons (Fsp3) is 0.571. The first-order valence-corrected chi connectivity index (χ1v) is 8.28. The summed E-state index contributed by atoms with van der Waals surface area (Å²) >= 11 is 0. The van der Waals surface area contributed by atoms with Crippen LogP contribution in [0.5, 0.6) is 0 Å². The van der Waals surface area contributed by atoms with Gasteiger partial charge in [0.25, 0.3) is 0 Å². The molecule has 1 saturated heterocycles. The van der Waals surface area contributed by atoms with Crippen LogP contribution in [0.2, 0.25) is 0 Å². The van der Waals surface area contributed by atoms with Gasteiger partial charge in [-0.05, 0) is 36.5 Å². The summed E-state index contributed by atoms with van der Waals surface area (Å²) in [6, 6.07) is 3.56. The Morgan fingerprint density at radius 1 is 1.35 bits per heavy atom.